The molecule has 0 aliphatic carbocycles. The summed E-state index contributed by atoms with van der Waals surface area (Å²) < 4.78 is 10.1. The Morgan fingerprint density at radius 2 is 1.80 bits per heavy atom. The van der Waals surface area contributed by atoms with Gasteiger partial charge in [-0.25, -0.2) is 4.79 Å². The third-order valence-electron chi connectivity index (χ3n) is 4.32. The second-order valence-corrected chi connectivity index (χ2v) is 6.73. The van der Waals surface area contributed by atoms with Gasteiger partial charge in [0, 0.05) is 33.6 Å². The van der Waals surface area contributed by atoms with Crippen LogP contribution in [0.2, 0.25) is 5.02 Å². The number of carbonyl (C=O) groups excluding carboxylic acids is 3. The highest BCUT2D eigenvalue weighted by atomic mass is 35.5. The van der Waals surface area contributed by atoms with Gasteiger partial charge in [-0.3, -0.25) is 14.4 Å². The highest BCUT2D eigenvalue weighted by Gasteiger charge is 2.23. The minimum Gasteiger partial charge on any atom is -0.481 e. The quantitative estimate of drug-likeness (QED) is 0.349. The lowest BCUT2D eigenvalue weighted by Gasteiger charge is -2.04. The highest BCUT2D eigenvalue weighted by Crippen LogP contribution is 2.31. The number of fused-ring (bicyclic) bond motifs is 1. The van der Waals surface area contributed by atoms with E-state index in [1.54, 1.807) is 24.3 Å². The number of aryl methyl sites for hydroxylation is 1. The zero-order valence-electron chi connectivity index (χ0n) is 15.7. The van der Waals surface area contributed by atoms with Gasteiger partial charge in [0.05, 0.1) is 7.11 Å². The molecule has 1 amide bonds. The molecule has 1 aromatic heterocycles. The van der Waals surface area contributed by atoms with Crippen molar-refractivity contribution >= 4 is 51.9 Å². The number of esters is 1. The number of methoxy groups -OCH3 is 1. The number of anilines is 1. The Morgan fingerprint density at radius 1 is 1.10 bits per heavy atom. The molecule has 0 spiro atoms. The molecule has 154 valence electrons. The predicted octanol–water partition coefficient (Wildman–Crippen LogP) is 3.45. The van der Waals surface area contributed by atoms with E-state index in [4.69, 9.17) is 21.1 Å². The summed E-state index contributed by atoms with van der Waals surface area (Å²) in [4.78, 5) is 47.1. The topological polar surface area (TPSA) is 123 Å². The number of hydrogen-bond donors (Lipinski definition) is 2. The average Bonchev–Trinajstić information content (AvgIpc) is 3.09. The van der Waals surface area contributed by atoms with Crippen molar-refractivity contribution in [2.24, 2.45) is 0 Å². The molecule has 0 saturated carbocycles. The van der Waals surface area contributed by atoms with Crippen molar-refractivity contribution in [3.63, 3.8) is 0 Å². The van der Waals surface area contributed by atoms with Crippen molar-refractivity contribution in [2.45, 2.75) is 12.8 Å². The molecule has 3 aromatic rings. The number of amides is 1. The Hall–Kier alpha value is -3.65. The van der Waals surface area contributed by atoms with Gasteiger partial charge in [0.25, 0.3) is 0 Å². The van der Waals surface area contributed by atoms with Gasteiger partial charge in [0.15, 0.2) is 5.76 Å². The summed E-state index contributed by atoms with van der Waals surface area (Å²) in [6, 6.07) is 10.7. The van der Waals surface area contributed by atoms with Crippen molar-refractivity contribution in [2.75, 3.05) is 12.4 Å². The van der Waals surface area contributed by atoms with E-state index in [-0.39, 0.29) is 24.3 Å². The summed E-state index contributed by atoms with van der Waals surface area (Å²) in [7, 11) is 1.08. The first-order valence-electron chi connectivity index (χ1n) is 8.77. The number of carboxylic acids is 1. The average molecular weight is 430 g/mol. The van der Waals surface area contributed by atoms with Gasteiger partial charge in [-0.1, -0.05) is 11.6 Å². The van der Waals surface area contributed by atoms with Crippen molar-refractivity contribution in [1.29, 1.82) is 0 Å². The van der Waals surface area contributed by atoms with Crippen LogP contribution in [0.15, 0.2) is 46.9 Å². The second-order valence-electron chi connectivity index (χ2n) is 6.30. The van der Waals surface area contributed by atoms with Gasteiger partial charge >= 0.3 is 17.8 Å². The molecular formula is C21H16ClNO7. The van der Waals surface area contributed by atoms with Crippen molar-refractivity contribution in [1.82, 2.24) is 0 Å². The standard InChI is InChI=1S/C21H16ClNO7/c1-29-21(28)20(27)23-13-6-8-16-15(10-13)14(7-9-17(24)25)19(30-16)18(26)11-2-4-12(22)5-3-11/h2-6,8,10H,7,9H2,1H3,(H,23,27)(H,24,25). The number of carbonyl (C=O) groups is 4. The summed E-state index contributed by atoms with van der Waals surface area (Å²) in [6.07, 6.45) is -0.195. The number of carboxylic acid groups (broad SMARTS) is 1. The Bertz CT molecular complexity index is 1150. The molecule has 8 nitrogen and oxygen atoms in total. The Balaban J connectivity index is 2.05. The molecule has 30 heavy (non-hydrogen) atoms. The first-order chi connectivity index (χ1) is 14.3. The predicted molar refractivity (Wildman–Crippen MR) is 108 cm³/mol. The lowest BCUT2D eigenvalue weighted by Crippen LogP contribution is -2.23. The van der Waals surface area contributed by atoms with E-state index >= 15 is 0 Å². The van der Waals surface area contributed by atoms with E-state index in [0.29, 0.717) is 27.1 Å². The van der Waals surface area contributed by atoms with E-state index in [1.807, 2.05) is 0 Å². The third kappa shape index (κ3) is 4.49. The van der Waals surface area contributed by atoms with Crippen LogP contribution in [0.5, 0.6) is 0 Å². The molecule has 0 aliphatic rings. The molecule has 1 heterocycles. The normalized spacial score (nSPS) is 10.6. The van der Waals surface area contributed by atoms with E-state index in [2.05, 4.69) is 10.1 Å². The first-order valence-corrected chi connectivity index (χ1v) is 9.14. The van der Waals surface area contributed by atoms with Crippen LogP contribution in [0.3, 0.4) is 0 Å². The maximum absolute atomic E-state index is 13.0. The lowest BCUT2D eigenvalue weighted by molar-refractivity contribution is -0.150. The number of aliphatic carboxylic acids is 1. The molecule has 2 N–H and O–H groups in total. The molecule has 0 saturated heterocycles. The zero-order valence-corrected chi connectivity index (χ0v) is 16.5. The van der Waals surface area contributed by atoms with Crippen LogP contribution >= 0.6 is 11.6 Å². The van der Waals surface area contributed by atoms with Crippen LogP contribution in [0, 0.1) is 0 Å². The van der Waals surface area contributed by atoms with Crippen LogP contribution in [0.4, 0.5) is 5.69 Å². The smallest absolute Gasteiger partial charge is 0.396 e. The van der Waals surface area contributed by atoms with E-state index in [1.165, 1.54) is 18.2 Å². The zero-order chi connectivity index (χ0) is 21.8. The molecule has 3 rings (SSSR count). The SMILES string of the molecule is COC(=O)C(=O)Nc1ccc2oc(C(=O)c3ccc(Cl)cc3)c(CCC(=O)O)c2c1. The van der Waals surface area contributed by atoms with E-state index in [9.17, 15) is 19.2 Å². The minimum atomic E-state index is -1.06. The lowest BCUT2D eigenvalue weighted by atomic mass is 10.00. The summed E-state index contributed by atoms with van der Waals surface area (Å²) in [5.41, 5.74) is 1.32. The minimum absolute atomic E-state index is 0.00465. The molecule has 2 aromatic carbocycles. The van der Waals surface area contributed by atoms with Crippen LogP contribution in [0.25, 0.3) is 11.0 Å². The van der Waals surface area contributed by atoms with Crippen molar-refractivity contribution in [3.8, 4) is 0 Å². The molecule has 0 radical (unpaired) electrons. The van der Waals surface area contributed by atoms with Crippen LogP contribution in [-0.2, 0) is 25.5 Å². The fourth-order valence-corrected chi connectivity index (χ4v) is 3.02. The van der Waals surface area contributed by atoms with Gasteiger partial charge in [0.1, 0.15) is 5.58 Å². The Morgan fingerprint density at radius 3 is 2.43 bits per heavy atom. The molecular weight excluding hydrogens is 414 g/mol. The van der Waals surface area contributed by atoms with Gasteiger partial charge in [-0.05, 0) is 48.9 Å². The summed E-state index contributed by atoms with van der Waals surface area (Å²) in [6.45, 7) is 0. The van der Waals surface area contributed by atoms with Crippen LogP contribution in [-0.4, -0.2) is 35.8 Å². The molecule has 0 atom stereocenters. The highest BCUT2D eigenvalue weighted by molar-refractivity contribution is 6.37. The molecule has 0 bridgehead atoms. The number of hydrogen-bond acceptors (Lipinski definition) is 6. The van der Waals surface area contributed by atoms with Gasteiger partial charge in [-0.15, -0.1) is 0 Å². The van der Waals surface area contributed by atoms with Crippen molar-refractivity contribution < 1.29 is 33.4 Å². The fraction of sp³-hybridized carbons (Fsp3) is 0.143. The number of ether oxygens (including phenoxy) is 1. The Labute approximate surface area is 175 Å². The maximum Gasteiger partial charge on any atom is 0.396 e. The molecule has 0 fully saturated rings. The largest absolute Gasteiger partial charge is 0.481 e. The summed E-state index contributed by atoms with van der Waals surface area (Å²) >= 11 is 5.87. The molecule has 0 aliphatic heterocycles. The number of rotatable bonds is 6. The second kappa shape index (κ2) is 8.79. The van der Waals surface area contributed by atoms with Crippen LogP contribution < -0.4 is 5.32 Å². The van der Waals surface area contributed by atoms with Gasteiger partial charge < -0.3 is 19.6 Å². The van der Waals surface area contributed by atoms with Crippen LogP contribution in [0.1, 0.15) is 28.1 Å². The molecule has 9 heteroatoms. The Kier molecular flexibility index (Phi) is 6.17. The van der Waals surface area contributed by atoms with Crippen molar-refractivity contribution in [3.05, 3.63) is 64.4 Å². The monoisotopic (exact) mass is 429 g/mol. The third-order valence-corrected chi connectivity index (χ3v) is 4.57. The number of halogens is 1. The summed E-state index contributed by atoms with van der Waals surface area (Å²) in [5.74, 6) is -3.49. The molecule has 0 unspecified atom stereocenters. The summed E-state index contributed by atoms with van der Waals surface area (Å²) in [5, 5.41) is 12.4. The van der Waals surface area contributed by atoms with Gasteiger partial charge in [0.2, 0.25) is 5.78 Å². The first kappa shape index (κ1) is 21.1. The number of furan rings is 1. The number of ketones is 1. The number of nitrogens with one attached hydrogen (secondary N) is 1. The number of benzene rings is 2. The van der Waals surface area contributed by atoms with Gasteiger partial charge in [-0.2, -0.15) is 0 Å². The van der Waals surface area contributed by atoms with E-state index in [0.717, 1.165) is 7.11 Å². The maximum atomic E-state index is 13.0. The fourth-order valence-electron chi connectivity index (χ4n) is 2.90. The van der Waals surface area contributed by atoms with E-state index < -0.39 is 23.6 Å².